The highest BCUT2D eigenvalue weighted by atomic mass is 19.1. The third-order valence-electron chi connectivity index (χ3n) is 4.13. The molecule has 2 N–H and O–H groups in total. The fourth-order valence-electron chi connectivity index (χ4n) is 2.75. The zero-order chi connectivity index (χ0) is 17.8. The third kappa shape index (κ3) is 4.86. The van der Waals surface area contributed by atoms with Crippen LogP contribution in [0, 0.1) is 17.6 Å². The molecular formula is C19H18F2N2O2. The molecule has 2 aromatic carbocycles. The first-order chi connectivity index (χ1) is 12.0. The molecule has 6 heteroatoms. The summed E-state index contributed by atoms with van der Waals surface area (Å²) in [5, 5.41) is 4.96. The highest BCUT2D eigenvalue weighted by Gasteiger charge is 2.33. The maximum atomic E-state index is 13.2. The van der Waals surface area contributed by atoms with E-state index in [2.05, 4.69) is 10.6 Å². The van der Waals surface area contributed by atoms with E-state index in [-0.39, 0.29) is 11.7 Å². The summed E-state index contributed by atoms with van der Waals surface area (Å²) in [6, 6.07) is 12.2. The Labute approximate surface area is 144 Å². The Balaban J connectivity index is 1.61. The van der Waals surface area contributed by atoms with E-state index >= 15 is 0 Å². The monoisotopic (exact) mass is 344 g/mol. The molecule has 0 aromatic heterocycles. The van der Waals surface area contributed by atoms with Crippen molar-refractivity contribution >= 4 is 17.5 Å². The molecule has 25 heavy (non-hydrogen) atoms. The second-order valence-electron chi connectivity index (χ2n) is 6.22. The molecule has 1 aliphatic rings. The number of carbonyl (C=O) groups excluding carboxylic acids is 2. The number of anilines is 1. The van der Waals surface area contributed by atoms with Crippen LogP contribution >= 0.6 is 0 Å². The molecule has 2 amide bonds. The molecule has 0 saturated heterocycles. The summed E-state index contributed by atoms with van der Waals surface area (Å²) in [4.78, 5) is 24.1. The highest BCUT2D eigenvalue weighted by Crippen LogP contribution is 2.34. The molecule has 0 unspecified atom stereocenters. The largest absolute Gasteiger partial charge is 0.344 e. The summed E-state index contributed by atoms with van der Waals surface area (Å²) in [5.74, 6) is -3.05. The average molecular weight is 344 g/mol. The van der Waals surface area contributed by atoms with Gasteiger partial charge in [-0.05, 0) is 42.9 Å². The summed E-state index contributed by atoms with van der Waals surface area (Å²) >= 11 is 0. The van der Waals surface area contributed by atoms with E-state index in [0.717, 1.165) is 30.5 Å². The highest BCUT2D eigenvalue weighted by molar-refractivity contribution is 6.39. The van der Waals surface area contributed by atoms with Crippen molar-refractivity contribution in [3.05, 3.63) is 65.7 Å². The number of benzene rings is 2. The summed E-state index contributed by atoms with van der Waals surface area (Å²) in [6.07, 6.45) is 2.65. The topological polar surface area (TPSA) is 58.2 Å². The van der Waals surface area contributed by atoms with Crippen LogP contribution in [-0.2, 0) is 16.0 Å². The van der Waals surface area contributed by atoms with Crippen molar-refractivity contribution in [2.75, 3.05) is 5.32 Å². The lowest BCUT2D eigenvalue weighted by atomic mass is 10.0. The molecule has 2 aromatic rings. The van der Waals surface area contributed by atoms with E-state index < -0.39 is 23.4 Å². The average Bonchev–Trinajstić information content (AvgIpc) is 3.39. The van der Waals surface area contributed by atoms with Gasteiger partial charge in [0.25, 0.3) is 0 Å². The standard InChI is InChI=1S/C19H18F2N2O2/c20-14-9-15(21)11-16(10-14)22-18(24)19(25)23-17(13-6-7-13)8-12-4-2-1-3-5-12/h1-5,9-11,13,17H,6-8H2,(H,22,24)(H,23,25)/t17-/m0/s1. The van der Waals surface area contributed by atoms with Crippen LogP contribution in [0.4, 0.5) is 14.5 Å². The Morgan fingerprint density at radius 2 is 1.64 bits per heavy atom. The summed E-state index contributed by atoms with van der Waals surface area (Å²) in [6.45, 7) is 0. The molecular weight excluding hydrogens is 326 g/mol. The predicted octanol–water partition coefficient (Wildman–Crippen LogP) is 3.04. The van der Waals surface area contributed by atoms with E-state index in [4.69, 9.17) is 0 Å². The van der Waals surface area contributed by atoms with E-state index in [1.165, 1.54) is 0 Å². The molecule has 0 radical (unpaired) electrons. The quantitative estimate of drug-likeness (QED) is 0.819. The first kappa shape index (κ1) is 17.1. The van der Waals surface area contributed by atoms with Crippen LogP contribution < -0.4 is 10.6 Å². The molecule has 0 bridgehead atoms. The number of hydrogen-bond acceptors (Lipinski definition) is 2. The van der Waals surface area contributed by atoms with Gasteiger partial charge < -0.3 is 10.6 Å². The zero-order valence-corrected chi connectivity index (χ0v) is 13.5. The molecule has 1 fully saturated rings. The Morgan fingerprint density at radius 1 is 1.00 bits per heavy atom. The normalized spacial score (nSPS) is 14.6. The molecule has 130 valence electrons. The number of halogens is 2. The van der Waals surface area contributed by atoms with E-state index in [9.17, 15) is 18.4 Å². The molecule has 1 saturated carbocycles. The predicted molar refractivity (Wildman–Crippen MR) is 89.8 cm³/mol. The van der Waals surface area contributed by atoms with Crippen LogP contribution in [0.1, 0.15) is 18.4 Å². The van der Waals surface area contributed by atoms with Gasteiger partial charge in [0.1, 0.15) is 11.6 Å². The Hall–Kier alpha value is -2.76. The smallest absolute Gasteiger partial charge is 0.313 e. The first-order valence-electron chi connectivity index (χ1n) is 8.13. The minimum Gasteiger partial charge on any atom is -0.344 e. The minimum atomic E-state index is -0.941. The summed E-state index contributed by atoms with van der Waals surface area (Å²) in [5.41, 5.74) is 0.982. The Morgan fingerprint density at radius 3 is 2.24 bits per heavy atom. The van der Waals surface area contributed by atoms with E-state index in [1.54, 1.807) is 0 Å². The number of hydrogen-bond donors (Lipinski definition) is 2. The van der Waals surface area contributed by atoms with Crippen LogP contribution in [0.2, 0.25) is 0 Å². The first-order valence-corrected chi connectivity index (χ1v) is 8.13. The third-order valence-corrected chi connectivity index (χ3v) is 4.13. The van der Waals surface area contributed by atoms with Gasteiger partial charge >= 0.3 is 11.8 Å². The van der Waals surface area contributed by atoms with Crippen molar-refractivity contribution in [1.29, 1.82) is 0 Å². The van der Waals surface area contributed by atoms with Gasteiger partial charge in [-0.25, -0.2) is 8.78 Å². The van der Waals surface area contributed by atoms with Gasteiger partial charge in [0, 0.05) is 17.8 Å². The number of nitrogens with one attached hydrogen (secondary N) is 2. The van der Waals surface area contributed by atoms with Crippen LogP contribution in [-0.4, -0.2) is 17.9 Å². The summed E-state index contributed by atoms with van der Waals surface area (Å²) in [7, 11) is 0. The fraction of sp³-hybridized carbons (Fsp3) is 0.263. The summed E-state index contributed by atoms with van der Waals surface area (Å²) < 4.78 is 26.3. The molecule has 0 spiro atoms. The number of carbonyl (C=O) groups is 2. The Kier molecular flexibility index (Phi) is 5.07. The van der Waals surface area contributed by atoms with Crippen LogP contribution in [0.15, 0.2) is 48.5 Å². The van der Waals surface area contributed by atoms with Gasteiger partial charge in [0.2, 0.25) is 0 Å². The zero-order valence-electron chi connectivity index (χ0n) is 13.5. The lowest BCUT2D eigenvalue weighted by Gasteiger charge is -2.18. The molecule has 0 heterocycles. The van der Waals surface area contributed by atoms with Gasteiger partial charge in [-0.1, -0.05) is 30.3 Å². The van der Waals surface area contributed by atoms with Gasteiger partial charge in [-0.2, -0.15) is 0 Å². The molecule has 4 nitrogen and oxygen atoms in total. The van der Waals surface area contributed by atoms with Crippen molar-refractivity contribution in [2.45, 2.75) is 25.3 Å². The molecule has 0 aliphatic heterocycles. The van der Waals surface area contributed by atoms with Crippen molar-refractivity contribution in [3.8, 4) is 0 Å². The molecule has 1 atom stereocenters. The van der Waals surface area contributed by atoms with Gasteiger partial charge in [-0.3, -0.25) is 9.59 Å². The van der Waals surface area contributed by atoms with Crippen molar-refractivity contribution in [3.63, 3.8) is 0 Å². The molecule has 3 rings (SSSR count). The van der Waals surface area contributed by atoms with Crippen LogP contribution in [0.5, 0.6) is 0 Å². The van der Waals surface area contributed by atoms with E-state index in [1.807, 2.05) is 30.3 Å². The maximum absolute atomic E-state index is 13.2. The lowest BCUT2D eigenvalue weighted by molar-refractivity contribution is -0.136. The fourth-order valence-corrected chi connectivity index (χ4v) is 2.75. The minimum absolute atomic E-state index is 0.0938. The van der Waals surface area contributed by atoms with Crippen LogP contribution in [0.25, 0.3) is 0 Å². The molecule has 1 aliphatic carbocycles. The van der Waals surface area contributed by atoms with Crippen molar-refractivity contribution in [2.24, 2.45) is 5.92 Å². The maximum Gasteiger partial charge on any atom is 0.313 e. The number of amides is 2. The van der Waals surface area contributed by atoms with Crippen molar-refractivity contribution in [1.82, 2.24) is 5.32 Å². The second-order valence-corrected chi connectivity index (χ2v) is 6.22. The van der Waals surface area contributed by atoms with Gasteiger partial charge in [-0.15, -0.1) is 0 Å². The number of rotatable bonds is 5. The SMILES string of the molecule is O=C(Nc1cc(F)cc(F)c1)C(=O)N[C@@H](Cc1ccccc1)C1CC1. The van der Waals surface area contributed by atoms with Crippen LogP contribution in [0.3, 0.4) is 0 Å². The lowest BCUT2D eigenvalue weighted by Crippen LogP contribution is -2.44. The van der Waals surface area contributed by atoms with Crippen molar-refractivity contribution < 1.29 is 18.4 Å². The second kappa shape index (κ2) is 7.42. The van der Waals surface area contributed by atoms with Gasteiger partial charge in [0.15, 0.2) is 0 Å². The van der Waals surface area contributed by atoms with E-state index in [0.29, 0.717) is 18.4 Å². The Bertz CT molecular complexity index is 756. The van der Waals surface area contributed by atoms with Gasteiger partial charge in [0.05, 0.1) is 0 Å².